The molecule has 8 heteroatoms. The number of nitrogens with one attached hydrogen (secondary N) is 2. The minimum absolute atomic E-state index is 0.0385. The number of hydrogen-bond acceptors (Lipinski definition) is 4. The van der Waals surface area contributed by atoms with E-state index in [0.29, 0.717) is 12.2 Å². The van der Waals surface area contributed by atoms with E-state index in [-0.39, 0.29) is 23.3 Å². The fourth-order valence-electron chi connectivity index (χ4n) is 1.49. The minimum Gasteiger partial charge on any atom is -0.388 e. The van der Waals surface area contributed by atoms with Gasteiger partial charge in [0, 0.05) is 25.9 Å². The van der Waals surface area contributed by atoms with Gasteiger partial charge in [-0.3, -0.25) is 5.41 Å². The summed E-state index contributed by atoms with van der Waals surface area (Å²) in [5.74, 6) is 0.588. The number of aromatic amines is 1. The molecule has 0 aliphatic heterocycles. The standard InChI is InChI=1S/C10H19N5O2S/c1-4-9-13-6-10(14-9)18(16,17)15(3)7(2)5-8(11)12/h6-7H,4-5H2,1-3H3,(H3,11,12)(H,13,14). The van der Waals surface area contributed by atoms with Crippen LogP contribution in [-0.2, 0) is 16.4 Å². The second kappa shape index (κ2) is 5.49. The van der Waals surface area contributed by atoms with E-state index in [0.717, 1.165) is 0 Å². The van der Waals surface area contributed by atoms with Crippen molar-refractivity contribution >= 4 is 15.9 Å². The van der Waals surface area contributed by atoms with Crippen LogP contribution in [0.2, 0.25) is 0 Å². The van der Waals surface area contributed by atoms with E-state index in [9.17, 15) is 8.42 Å². The van der Waals surface area contributed by atoms with Crippen LogP contribution in [0.3, 0.4) is 0 Å². The molecule has 1 heterocycles. The maximum Gasteiger partial charge on any atom is 0.260 e. The SMILES string of the molecule is CCc1ncc(S(=O)(=O)N(C)C(C)CC(=N)N)[nH]1. The van der Waals surface area contributed by atoms with Crippen molar-refractivity contribution in [2.75, 3.05) is 7.05 Å². The highest BCUT2D eigenvalue weighted by atomic mass is 32.2. The number of hydrogen-bond donors (Lipinski definition) is 3. The average molecular weight is 273 g/mol. The number of nitrogens with two attached hydrogens (primary N) is 1. The van der Waals surface area contributed by atoms with Crippen LogP contribution in [0, 0.1) is 5.41 Å². The third kappa shape index (κ3) is 3.08. The molecule has 1 aromatic rings. The highest BCUT2D eigenvalue weighted by molar-refractivity contribution is 7.89. The second-order valence-electron chi connectivity index (χ2n) is 4.15. The molecule has 0 saturated carbocycles. The third-order valence-electron chi connectivity index (χ3n) is 2.73. The molecule has 7 nitrogen and oxygen atoms in total. The van der Waals surface area contributed by atoms with Crippen LogP contribution in [0.4, 0.5) is 0 Å². The van der Waals surface area contributed by atoms with Gasteiger partial charge in [0.05, 0.1) is 12.0 Å². The summed E-state index contributed by atoms with van der Waals surface area (Å²) in [7, 11) is -2.14. The normalized spacial score (nSPS) is 13.8. The Labute approximate surface area is 107 Å². The molecule has 102 valence electrons. The summed E-state index contributed by atoms with van der Waals surface area (Å²) < 4.78 is 25.7. The van der Waals surface area contributed by atoms with Gasteiger partial charge in [0.15, 0.2) is 5.03 Å². The Balaban J connectivity index is 2.95. The maximum absolute atomic E-state index is 12.2. The fourth-order valence-corrected chi connectivity index (χ4v) is 2.78. The molecule has 1 atom stereocenters. The molecule has 0 aliphatic rings. The minimum atomic E-state index is -3.61. The monoisotopic (exact) mass is 273 g/mol. The van der Waals surface area contributed by atoms with Crippen molar-refractivity contribution in [1.29, 1.82) is 5.41 Å². The van der Waals surface area contributed by atoms with Gasteiger partial charge in [0.2, 0.25) is 0 Å². The molecular formula is C10H19N5O2S. The Morgan fingerprint density at radius 1 is 1.67 bits per heavy atom. The van der Waals surface area contributed by atoms with Crippen LogP contribution < -0.4 is 5.73 Å². The summed E-state index contributed by atoms with van der Waals surface area (Å²) in [5, 5.41) is 7.26. The van der Waals surface area contributed by atoms with Crippen LogP contribution in [0.15, 0.2) is 11.2 Å². The van der Waals surface area contributed by atoms with E-state index in [2.05, 4.69) is 9.97 Å². The lowest BCUT2D eigenvalue weighted by Crippen LogP contribution is -2.37. The van der Waals surface area contributed by atoms with Gasteiger partial charge in [-0.05, 0) is 6.92 Å². The van der Waals surface area contributed by atoms with Crippen molar-refractivity contribution in [3.8, 4) is 0 Å². The Morgan fingerprint density at radius 2 is 2.28 bits per heavy atom. The molecule has 1 rings (SSSR count). The summed E-state index contributed by atoms with van der Waals surface area (Å²) in [5.41, 5.74) is 5.28. The van der Waals surface area contributed by atoms with Crippen LogP contribution >= 0.6 is 0 Å². The summed E-state index contributed by atoms with van der Waals surface area (Å²) in [6, 6.07) is -0.374. The first kappa shape index (κ1) is 14.7. The van der Waals surface area contributed by atoms with Crippen LogP contribution in [0.1, 0.15) is 26.1 Å². The Morgan fingerprint density at radius 3 is 2.72 bits per heavy atom. The molecule has 0 spiro atoms. The predicted octanol–water partition coefficient (Wildman–Crippen LogP) is 0.307. The molecule has 4 N–H and O–H groups in total. The third-order valence-corrected chi connectivity index (χ3v) is 4.61. The predicted molar refractivity (Wildman–Crippen MR) is 68.9 cm³/mol. The van der Waals surface area contributed by atoms with Gasteiger partial charge in [-0.25, -0.2) is 13.4 Å². The zero-order chi connectivity index (χ0) is 13.9. The van der Waals surface area contributed by atoms with Crippen molar-refractivity contribution in [3.05, 3.63) is 12.0 Å². The molecule has 0 aliphatic carbocycles. The van der Waals surface area contributed by atoms with E-state index in [1.54, 1.807) is 6.92 Å². The number of H-pyrrole nitrogens is 1. The molecule has 0 aromatic carbocycles. The zero-order valence-electron chi connectivity index (χ0n) is 10.8. The number of aryl methyl sites for hydroxylation is 1. The van der Waals surface area contributed by atoms with E-state index in [1.807, 2.05) is 6.92 Å². The highest BCUT2D eigenvalue weighted by Crippen LogP contribution is 2.16. The van der Waals surface area contributed by atoms with Crippen molar-refractivity contribution < 1.29 is 8.42 Å². The molecule has 0 saturated heterocycles. The van der Waals surface area contributed by atoms with Gasteiger partial charge in [0.1, 0.15) is 5.82 Å². The molecule has 18 heavy (non-hydrogen) atoms. The van der Waals surface area contributed by atoms with E-state index >= 15 is 0 Å². The lowest BCUT2D eigenvalue weighted by atomic mass is 10.2. The van der Waals surface area contributed by atoms with E-state index in [1.165, 1.54) is 17.5 Å². The maximum atomic E-state index is 12.2. The van der Waals surface area contributed by atoms with Gasteiger partial charge in [-0.2, -0.15) is 4.31 Å². The Kier molecular flexibility index (Phi) is 4.47. The fraction of sp³-hybridized carbons (Fsp3) is 0.600. The summed E-state index contributed by atoms with van der Waals surface area (Å²) in [6.45, 7) is 3.59. The number of rotatable bonds is 6. The van der Waals surface area contributed by atoms with Crippen LogP contribution in [0.25, 0.3) is 0 Å². The van der Waals surface area contributed by atoms with Crippen LogP contribution in [0.5, 0.6) is 0 Å². The summed E-state index contributed by atoms with van der Waals surface area (Å²) in [6.07, 6.45) is 2.15. The Hall–Kier alpha value is -1.41. The van der Waals surface area contributed by atoms with Gasteiger partial charge in [-0.15, -0.1) is 0 Å². The summed E-state index contributed by atoms with van der Waals surface area (Å²) >= 11 is 0. The molecule has 0 bridgehead atoms. The quantitative estimate of drug-likeness (QED) is 0.510. The van der Waals surface area contributed by atoms with Gasteiger partial charge in [-0.1, -0.05) is 6.92 Å². The number of nitrogens with zero attached hydrogens (tertiary/aromatic N) is 2. The van der Waals surface area contributed by atoms with Gasteiger partial charge in [0.25, 0.3) is 10.0 Å². The van der Waals surface area contributed by atoms with Crippen molar-refractivity contribution in [2.45, 2.75) is 37.8 Å². The first-order chi connectivity index (χ1) is 8.28. The smallest absolute Gasteiger partial charge is 0.260 e. The number of imidazole rings is 1. The summed E-state index contributed by atoms with van der Waals surface area (Å²) in [4.78, 5) is 6.74. The molecule has 0 radical (unpaired) electrons. The van der Waals surface area contributed by atoms with E-state index < -0.39 is 10.0 Å². The number of amidine groups is 1. The van der Waals surface area contributed by atoms with Crippen molar-refractivity contribution in [1.82, 2.24) is 14.3 Å². The lowest BCUT2D eigenvalue weighted by Gasteiger charge is -2.22. The first-order valence-corrected chi connectivity index (χ1v) is 7.07. The van der Waals surface area contributed by atoms with Crippen LogP contribution in [-0.4, -0.2) is 41.6 Å². The zero-order valence-corrected chi connectivity index (χ0v) is 11.6. The van der Waals surface area contributed by atoms with Gasteiger partial charge >= 0.3 is 0 Å². The molecule has 1 aromatic heterocycles. The second-order valence-corrected chi connectivity index (χ2v) is 6.11. The number of sulfonamides is 1. The van der Waals surface area contributed by atoms with Crippen molar-refractivity contribution in [3.63, 3.8) is 0 Å². The number of aromatic nitrogens is 2. The lowest BCUT2D eigenvalue weighted by molar-refractivity contribution is 0.394. The highest BCUT2D eigenvalue weighted by Gasteiger charge is 2.27. The molecule has 0 amide bonds. The Bertz CT molecular complexity index is 522. The first-order valence-electron chi connectivity index (χ1n) is 5.63. The molecular weight excluding hydrogens is 254 g/mol. The van der Waals surface area contributed by atoms with Gasteiger partial charge < -0.3 is 10.7 Å². The molecule has 0 fully saturated rings. The largest absolute Gasteiger partial charge is 0.388 e. The topological polar surface area (TPSA) is 116 Å². The molecule has 1 unspecified atom stereocenters. The van der Waals surface area contributed by atoms with Crippen molar-refractivity contribution in [2.24, 2.45) is 5.73 Å². The van der Waals surface area contributed by atoms with E-state index in [4.69, 9.17) is 11.1 Å². The average Bonchev–Trinajstić information content (AvgIpc) is 2.76.